The molecule has 1 fully saturated rings. The number of ether oxygens (including phenoxy) is 1. The minimum atomic E-state index is 0.586. The van der Waals surface area contributed by atoms with Crippen molar-refractivity contribution in [2.24, 2.45) is 5.92 Å². The van der Waals surface area contributed by atoms with Crippen LogP contribution in [0.1, 0.15) is 11.1 Å². The van der Waals surface area contributed by atoms with Crippen molar-refractivity contribution in [3.05, 3.63) is 47.5 Å². The van der Waals surface area contributed by atoms with Gasteiger partial charge in [0.05, 0.1) is 13.2 Å². The normalized spacial score (nSPS) is 20.1. The lowest BCUT2D eigenvalue weighted by Crippen LogP contribution is -2.34. The van der Waals surface area contributed by atoms with Gasteiger partial charge in [-0.1, -0.05) is 36.4 Å². The molecule has 0 aromatic heterocycles. The monoisotopic (exact) mass is 312 g/mol. The minimum Gasteiger partial charge on any atom is -0.380 e. The molecule has 0 radical (unpaired) electrons. The molecule has 0 amide bonds. The van der Waals surface area contributed by atoms with Crippen molar-refractivity contribution in [1.82, 2.24) is 9.80 Å². The summed E-state index contributed by atoms with van der Waals surface area (Å²) in [5, 5.41) is 2.73. The van der Waals surface area contributed by atoms with Crippen LogP contribution in [0.5, 0.6) is 0 Å². The van der Waals surface area contributed by atoms with Crippen LogP contribution in [0.4, 0.5) is 0 Å². The van der Waals surface area contributed by atoms with Crippen molar-refractivity contribution in [2.75, 3.05) is 46.9 Å². The Morgan fingerprint density at radius 2 is 2.00 bits per heavy atom. The summed E-state index contributed by atoms with van der Waals surface area (Å²) in [6, 6.07) is 13.2. The van der Waals surface area contributed by atoms with Crippen LogP contribution in [0, 0.1) is 12.8 Å². The molecule has 0 N–H and O–H groups in total. The average Bonchev–Trinajstić information content (AvgIpc) is 2.74. The maximum atomic E-state index is 5.83. The Morgan fingerprint density at radius 1 is 1.17 bits per heavy atom. The van der Waals surface area contributed by atoms with Crippen LogP contribution >= 0.6 is 0 Å². The van der Waals surface area contributed by atoms with E-state index in [9.17, 15) is 0 Å². The average molecular weight is 312 g/mol. The molecule has 2 aromatic carbocycles. The third-order valence-corrected chi connectivity index (χ3v) is 4.70. The van der Waals surface area contributed by atoms with Crippen molar-refractivity contribution >= 4 is 10.8 Å². The van der Waals surface area contributed by atoms with Gasteiger partial charge in [-0.05, 0) is 42.9 Å². The molecule has 3 heteroatoms. The van der Waals surface area contributed by atoms with E-state index in [1.54, 1.807) is 0 Å². The lowest BCUT2D eigenvalue weighted by molar-refractivity contribution is 0.112. The van der Waals surface area contributed by atoms with E-state index in [1.807, 2.05) is 0 Å². The van der Waals surface area contributed by atoms with E-state index >= 15 is 0 Å². The second-order valence-corrected chi connectivity index (χ2v) is 7.02. The van der Waals surface area contributed by atoms with Gasteiger partial charge in [0, 0.05) is 32.1 Å². The minimum absolute atomic E-state index is 0.586. The predicted molar refractivity (Wildman–Crippen MR) is 96.8 cm³/mol. The fraction of sp³-hybridized carbons (Fsp3) is 0.500. The predicted octanol–water partition coefficient (Wildman–Crippen LogP) is 3.16. The summed E-state index contributed by atoms with van der Waals surface area (Å²) in [6.07, 6.45) is 0. The summed E-state index contributed by atoms with van der Waals surface area (Å²) in [7, 11) is 4.29. The molecular formula is C20H28N2O. The van der Waals surface area contributed by atoms with Gasteiger partial charge in [-0.2, -0.15) is 0 Å². The first-order chi connectivity index (χ1) is 11.1. The molecule has 1 aliphatic heterocycles. The Bertz CT molecular complexity index is 653. The Morgan fingerprint density at radius 3 is 2.83 bits per heavy atom. The van der Waals surface area contributed by atoms with Crippen LogP contribution in [0.15, 0.2) is 36.4 Å². The van der Waals surface area contributed by atoms with Gasteiger partial charge in [-0.15, -0.1) is 0 Å². The van der Waals surface area contributed by atoms with Gasteiger partial charge in [0.1, 0.15) is 0 Å². The molecule has 1 saturated heterocycles. The molecule has 0 spiro atoms. The fourth-order valence-corrected chi connectivity index (χ4v) is 3.60. The van der Waals surface area contributed by atoms with Gasteiger partial charge in [0.15, 0.2) is 0 Å². The smallest absolute Gasteiger partial charge is 0.0593 e. The summed E-state index contributed by atoms with van der Waals surface area (Å²) in [6.45, 7) is 8.18. The van der Waals surface area contributed by atoms with E-state index in [4.69, 9.17) is 4.74 Å². The fourth-order valence-electron chi connectivity index (χ4n) is 3.60. The maximum absolute atomic E-state index is 5.83. The number of fused-ring (bicyclic) bond motifs is 1. The van der Waals surface area contributed by atoms with Gasteiger partial charge in [-0.3, -0.25) is 4.90 Å². The summed E-state index contributed by atoms with van der Waals surface area (Å²) in [4.78, 5) is 4.83. The molecule has 1 aliphatic rings. The molecule has 0 aliphatic carbocycles. The Kier molecular flexibility index (Phi) is 5.31. The number of hydrogen-bond donors (Lipinski definition) is 0. The van der Waals surface area contributed by atoms with Crippen LogP contribution in [-0.4, -0.2) is 56.7 Å². The van der Waals surface area contributed by atoms with Crippen LogP contribution < -0.4 is 0 Å². The van der Waals surface area contributed by atoms with E-state index in [2.05, 4.69) is 67.2 Å². The first kappa shape index (κ1) is 16.4. The second kappa shape index (κ2) is 7.43. The summed E-state index contributed by atoms with van der Waals surface area (Å²) in [5.74, 6) is 0.586. The van der Waals surface area contributed by atoms with Crippen molar-refractivity contribution in [3.8, 4) is 0 Å². The van der Waals surface area contributed by atoms with Crippen LogP contribution in [0.2, 0.25) is 0 Å². The third kappa shape index (κ3) is 4.11. The number of benzene rings is 2. The van der Waals surface area contributed by atoms with Crippen LogP contribution in [0.25, 0.3) is 10.8 Å². The molecule has 124 valence electrons. The van der Waals surface area contributed by atoms with E-state index in [-0.39, 0.29) is 0 Å². The standard InChI is InChI=1S/C20H28N2O/c1-16-8-9-18-6-4-5-7-19(18)20(16)14-22-10-11-23-15-17(13-22)12-21(2)3/h4-9,17H,10-15H2,1-3H3. The highest BCUT2D eigenvalue weighted by atomic mass is 16.5. The molecule has 3 rings (SSSR count). The van der Waals surface area contributed by atoms with Gasteiger partial charge < -0.3 is 9.64 Å². The van der Waals surface area contributed by atoms with Crippen LogP contribution in [0.3, 0.4) is 0 Å². The van der Waals surface area contributed by atoms with Crippen LogP contribution in [-0.2, 0) is 11.3 Å². The number of nitrogens with zero attached hydrogens (tertiary/aromatic N) is 2. The topological polar surface area (TPSA) is 15.7 Å². The van der Waals surface area contributed by atoms with E-state index in [1.165, 1.54) is 21.9 Å². The molecule has 0 bridgehead atoms. The molecule has 0 saturated carbocycles. The molecule has 23 heavy (non-hydrogen) atoms. The Labute approximate surface area is 139 Å². The quantitative estimate of drug-likeness (QED) is 0.862. The SMILES string of the molecule is Cc1ccc2ccccc2c1CN1CCOCC(CN(C)C)C1. The highest BCUT2D eigenvalue weighted by Gasteiger charge is 2.20. The van der Waals surface area contributed by atoms with Crippen molar-refractivity contribution in [3.63, 3.8) is 0 Å². The van der Waals surface area contributed by atoms with Gasteiger partial charge >= 0.3 is 0 Å². The summed E-state index contributed by atoms with van der Waals surface area (Å²) >= 11 is 0. The maximum Gasteiger partial charge on any atom is 0.0593 e. The van der Waals surface area contributed by atoms with Gasteiger partial charge in [0.25, 0.3) is 0 Å². The first-order valence-electron chi connectivity index (χ1n) is 8.55. The highest BCUT2D eigenvalue weighted by Crippen LogP contribution is 2.24. The molecule has 1 atom stereocenters. The van der Waals surface area contributed by atoms with E-state index < -0.39 is 0 Å². The largest absolute Gasteiger partial charge is 0.380 e. The number of hydrogen-bond acceptors (Lipinski definition) is 3. The van der Waals surface area contributed by atoms with E-state index in [0.29, 0.717) is 5.92 Å². The van der Waals surface area contributed by atoms with Crippen molar-refractivity contribution in [2.45, 2.75) is 13.5 Å². The van der Waals surface area contributed by atoms with Crippen molar-refractivity contribution < 1.29 is 4.74 Å². The zero-order valence-corrected chi connectivity index (χ0v) is 14.6. The molecule has 3 nitrogen and oxygen atoms in total. The summed E-state index contributed by atoms with van der Waals surface area (Å²) in [5.41, 5.74) is 2.85. The second-order valence-electron chi connectivity index (χ2n) is 7.02. The van der Waals surface area contributed by atoms with Crippen molar-refractivity contribution in [1.29, 1.82) is 0 Å². The Balaban J connectivity index is 1.81. The first-order valence-corrected chi connectivity index (χ1v) is 8.55. The molecule has 1 unspecified atom stereocenters. The van der Waals surface area contributed by atoms with E-state index in [0.717, 1.165) is 39.4 Å². The van der Waals surface area contributed by atoms with Gasteiger partial charge in [-0.25, -0.2) is 0 Å². The lowest BCUT2D eigenvalue weighted by Gasteiger charge is -2.26. The number of rotatable bonds is 4. The zero-order valence-electron chi connectivity index (χ0n) is 14.6. The third-order valence-electron chi connectivity index (χ3n) is 4.70. The molecule has 1 heterocycles. The molecule has 2 aromatic rings. The lowest BCUT2D eigenvalue weighted by atomic mass is 9.99. The Hall–Kier alpha value is -1.42. The zero-order chi connectivity index (χ0) is 16.2. The molecular weight excluding hydrogens is 284 g/mol. The highest BCUT2D eigenvalue weighted by molar-refractivity contribution is 5.86. The number of aryl methyl sites for hydroxylation is 1. The summed E-state index contributed by atoms with van der Waals surface area (Å²) < 4.78 is 5.83. The van der Waals surface area contributed by atoms with Gasteiger partial charge in [0.2, 0.25) is 0 Å².